The molecular weight excluding hydrogens is 409 g/mol. The van der Waals surface area contributed by atoms with Gasteiger partial charge in [0.15, 0.2) is 5.82 Å². The van der Waals surface area contributed by atoms with Crippen LogP contribution >= 0.6 is 11.3 Å². The van der Waals surface area contributed by atoms with Crippen molar-refractivity contribution in [3.8, 4) is 16.4 Å². The predicted octanol–water partition coefficient (Wildman–Crippen LogP) is 2.02. The number of H-pyrrole nitrogens is 1. The van der Waals surface area contributed by atoms with Crippen molar-refractivity contribution in [3.63, 3.8) is 0 Å². The topological polar surface area (TPSA) is 118 Å². The van der Waals surface area contributed by atoms with Gasteiger partial charge < -0.3 is 10.6 Å². The van der Waals surface area contributed by atoms with Crippen LogP contribution in [0, 0.1) is 5.82 Å². The van der Waals surface area contributed by atoms with Crippen LogP contribution in [0.2, 0.25) is 0 Å². The van der Waals surface area contributed by atoms with Gasteiger partial charge in [0.1, 0.15) is 11.5 Å². The molecule has 3 N–H and O–H groups in total. The summed E-state index contributed by atoms with van der Waals surface area (Å²) in [5.74, 6) is -0.857. The van der Waals surface area contributed by atoms with Gasteiger partial charge in [0.05, 0.1) is 10.6 Å². The number of amides is 2. The highest BCUT2D eigenvalue weighted by molar-refractivity contribution is 7.13. The molecule has 4 rings (SSSR count). The lowest BCUT2D eigenvalue weighted by Gasteiger charge is -2.05. The molecule has 4 aromatic rings. The number of benzene rings is 1. The smallest absolute Gasteiger partial charge is 0.291 e. The van der Waals surface area contributed by atoms with Gasteiger partial charge in [0, 0.05) is 19.3 Å². The second-order valence-electron chi connectivity index (χ2n) is 6.11. The van der Waals surface area contributed by atoms with E-state index in [4.69, 9.17) is 0 Å². The van der Waals surface area contributed by atoms with Crippen molar-refractivity contribution < 1.29 is 14.0 Å². The van der Waals surface area contributed by atoms with E-state index >= 15 is 0 Å². The number of aromatic nitrogens is 5. The van der Waals surface area contributed by atoms with Crippen LogP contribution in [-0.4, -0.2) is 49.9 Å². The van der Waals surface area contributed by atoms with E-state index in [1.807, 2.05) is 17.5 Å². The molecule has 0 fully saturated rings. The number of hydrogen-bond donors (Lipinski definition) is 3. The summed E-state index contributed by atoms with van der Waals surface area (Å²) in [6.07, 6.45) is 1.47. The monoisotopic (exact) mass is 425 g/mol. The molecule has 0 aliphatic carbocycles. The SMILES string of the molecule is O=C(NCCNC(=O)c1ccn[nH]1)c1nc(-c2cccs2)n(-c2cccc(F)c2)n1. The minimum Gasteiger partial charge on any atom is -0.349 e. The maximum absolute atomic E-state index is 13.7. The van der Waals surface area contributed by atoms with Crippen LogP contribution in [0.15, 0.2) is 54.0 Å². The van der Waals surface area contributed by atoms with Gasteiger partial charge in [-0.05, 0) is 35.7 Å². The molecule has 0 atom stereocenters. The highest BCUT2D eigenvalue weighted by Crippen LogP contribution is 2.25. The minimum absolute atomic E-state index is 0.0532. The highest BCUT2D eigenvalue weighted by atomic mass is 32.1. The third-order valence-electron chi connectivity index (χ3n) is 4.05. The van der Waals surface area contributed by atoms with Crippen molar-refractivity contribution in [2.75, 3.05) is 13.1 Å². The molecule has 0 aliphatic rings. The molecule has 3 heterocycles. The molecule has 2 amide bonds. The number of carbonyl (C=O) groups is 2. The molecule has 0 unspecified atom stereocenters. The molecular formula is C19H16FN7O2S. The Morgan fingerprint density at radius 3 is 2.63 bits per heavy atom. The molecule has 0 saturated heterocycles. The van der Waals surface area contributed by atoms with Crippen LogP contribution in [0.1, 0.15) is 21.1 Å². The molecule has 0 saturated carbocycles. The van der Waals surface area contributed by atoms with E-state index in [1.54, 1.807) is 18.2 Å². The highest BCUT2D eigenvalue weighted by Gasteiger charge is 2.19. The zero-order valence-electron chi connectivity index (χ0n) is 15.5. The first kappa shape index (κ1) is 19.5. The Bertz CT molecular complexity index is 1160. The number of thiophene rings is 1. The molecule has 0 bridgehead atoms. The van der Waals surface area contributed by atoms with Crippen molar-refractivity contribution >= 4 is 23.2 Å². The van der Waals surface area contributed by atoms with Crippen LogP contribution in [-0.2, 0) is 0 Å². The van der Waals surface area contributed by atoms with Crippen LogP contribution in [0.4, 0.5) is 4.39 Å². The normalized spacial score (nSPS) is 10.7. The summed E-state index contributed by atoms with van der Waals surface area (Å²) in [5, 5.41) is 17.7. The number of carbonyl (C=O) groups excluding carboxylic acids is 2. The standard InChI is InChI=1S/C19H16FN7O2S/c20-12-3-1-4-13(11-12)27-17(15-5-2-10-30-15)24-16(26-27)19(29)22-9-8-21-18(28)14-6-7-23-25-14/h1-7,10-11H,8-9H2,(H,21,28)(H,22,29)(H,23,25). The van der Waals surface area contributed by atoms with E-state index in [1.165, 1.54) is 34.3 Å². The first-order valence-electron chi connectivity index (χ1n) is 8.94. The lowest BCUT2D eigenvalue weighted by Crippen LogP contribution is -2.35. The number of hydrogen-bond acceptors (Lipinski definition) is 6. The third kappa shape index (κ3) is 4.25. The molecule has 1 aromatic carbocycles. The van der Waals surface area contributed by atoms with Gasteiger partial charge in [-0.15, -0.1) is 16.4 Å². The maximum atomic E-state index is 13.7. The van der Waals surface area contributed by atoms with Crippen LogP contribution in [0.3, 0.4) is 0 Å². The maximum Gasteiger partial charge on any atom is 0.291 e. The molecule has 3 aromatic heterocycles. The van der Waals surface area contributed by atoms with Crippen molar-refractivity contribution in [3.05, 3.63) is 71.4 Å². The molecule has 11 heteroatoms. The number of rotatable bonds is 7. The van der Waals surface area contributed by atoms with Crippen molar-refractivity contribution in [2.45, 2.75) is 0 Å². The summed E-state index contributed by atoms with van der Waals surface area (Å²) in [6.45, 7) is 0.396. The Morgan fingerprint density at radius 2 is 1.93 bits per heavy atom. The van der Waals surface area contributed by atoms with Gasteiger partial charge >= 0.3 is 0 Å². The number of nitrogens with zero attached hydrogens (tertiary/aromatic N) is 4. The van der Waals surface area contributed by atoms with Gasteiger partial charge in [-0.2, -0.15) is 5.10 Å². The second kappa shape index (κ2) is 8.66. The fourth-order valence-electron chi connectivity index (χ4n) is 2.67. The van der Waals surface area contributed by atoms with Gasteiger partial charge in [-0.1, -0.05) is 12.1 Å². The first-order valence-corrected chi connectivity index (χ1v) is 9.82. The summed E-state index contributed by atoms with van der Waals surface area (Å²) >= 11 is 1.43. The van der Waals surface area contributed by atoms with E-state index < -0.39 is 11.7 Å². The van der Waals surface area contributed by atoms with Gasteiger partial charge in [-0.3, -0.25) is 14.7 Å². The average Bonchev–Trinajstić information content (AvgIpc) is 3.51. The molecule has 152 valence electrons. The third-order valence-corrected chi connectivity index (χ3v) is 4.91. The van der Waals surface area contributed by atoms with Crippen molar-refractivity contribution in [1.29, 1.82) is 0 Å². The number of nitrogens with one attached hydrogen (secondary N) is 3. The Morgan fingerprint density at radius 1 is 1.10 bits per heavy atom. The van der Waals surface area contributed by atoms with Crippen LogP contribution < -0.4 is 10.6 Å². The molecule has 0 spiro atoms. The van der Waals surface area contributed by atoms with E-state index in [-0.39, 0.29) is 24.8 Å². The zero-order valence-corrected chi connectivity index (χ0v) is 16.3. The molecule has 30 heavy (non-hydrogen) atoms. The summed E-state index contributed by atoms with van der Waals surface area (Å²) in [6, 6.07) is 11.1. The Kier molecular flexibility index (Phi) is 5.61. The first-order chi connectivity index (χ1) is 14.6. The van der Waals surface area contributed by atoms with Gasteiger partial charge in [0.2, 0.25) is 5.82 Å². The fraction of sp³-hybridized carbons (Fsp3) is 0.105. The van der Waals surface area contributed by atoms with Gasteiger partial charge in [-0.25, -0.2) is 14.1 Å². The molecule has 0 aliphatic heterocycles. The second-order valence-corrected chi connectivity index (χ2v) is 7.06. The lowest BCUT2D eigenvalue weighted by atomic mass is 10.3. The molecule has 0 radical (unpaired) electrons. The van der Waals surface area contributed by atoms with Crippen molar-refractivity contribution in [2.24, 2.45) is 0 Å². The lowest BCUT2D eigenvalue weighted by molar-refractivity contribution is 0.0920. The summed E-state index contributed by atoms with van der Waals surface area (Å²) in [5.41, 5.74) is 0.786. The summed E-state index contributed by atoms with van der Waals surface area (Å²) in [7, 11) is 0. The summed E-state index contributed by atoms with van der Waals surface area (Å²) < 4.78 is 15.1. The van der Waals surface area contributed by atoms with E-state index in [0.717, 1.165) is 4.88 Å². The Balaban J connectivity index is 1.46. The predicted molar refractivity (Wildman–Crippen MR) is 108 cm³/mol. The zero-order chi connectivity index (χ0) is 20.9. The Hall–Kier alpha value is -3.86. The Labute approximate surface area is 174 Å². The number of aromatic amines is 1. The van der Waals surface area contributed by atoms with Crippen molar-refractivity contribution in [1.82, 2.24) is 35.6 Å². The largest absolute Gasteiger partial charge is 0.349 e. The van der Waals surface area contributed by atoms with E-state index in [2.05, 4.69) is 30.9 Å². The van der Waals surface area contributed by atoms with Crippen LogP contribution in [0.25, 0.3) is 16.4 Å². The molecule has 9 nitrogen and oxygen atoms in total. The fourth-order valence-corrected chi connectivity index (χ4v) is 3.37. The minimum atomic E-state index is -0.501. The van der Waals surface area contributed by atoms with E-state index in [9.17, 15) is 14.0 Å². The number of halogens is 1. The quantitative estimate of drug-likeness (QED) is 0.392. The van der Waals surface area contributed by atoms with E-state index in [0.29, 0.717) is 17.2 Å². The van der Waals surface area contributed by atoms with Gasteiger partial charge in [0.25, 0.3) is 11.8 Å². The van der Waals surface area contributed by atoms with Crippen LogP contribution in [0.5, 0.6) is 0 Å². The average molecular weight is 425 g/mol. The summed E-state index contributed by atoms with van der Waals surface area (Å²) in [4.78, 5) is 29.5.